The summed E-state index contributed by atoms with van der Waals surface area (Å²) >= 11 is 14.2. The van der Waals surface area contributed by atoms with E-state index in [1.165, 1.54) is 56.7 Å². The molecule has 5 rings (SSSR count). The number of halogens is 2. The number of methoxy groups -OCH3 is 2. The SMILES string of the molecule is COc1cc(OC)c(Cl)c(NC(=O)c2csc3c(Nc4cc(CN5CCCCC5)ccn4)ncnc23)c1Cl. The van der Waals surface area contributed by atoms with Crippen LogP contribution in [-0.4, -0.2) is 53.1 Å². The van der Waals surface area contributed by atoms with Crippen LogP contribution >= 0.6 is 34.5 Å². The van der Waals surface area contributed by atoms with E-state index in [9.17, 15) is 4.79 Å². The largest absolute Gasteiger partial charge is 0.495 e. The molecule has 1 aliphatic heterocycles. The number of carbonyl (C=O) groups excluding carboxylic acids is 1. The zero-order valence-corrected chi connectivity index (χ0v) is 23.2. The molecule has 1 saturated heterocycles. The lowest BCUT2D eigenvalue weighted by molar-refractivity contribution is 0.102. The molecule has 1 aliphatic rings. The first kappa shape index (κ1) is 26.4. The Morgan fingerprint density at radius 2 is 1.79 bits per heavy atom. The van der Waals surface area contributed by atoms with Crippen LogP contribution in [0.25, 0.3) is 10.2 Å². The van der Waals surface area contributed by atoms with E-state index >= 15 is 0 Å². The number of hydrogen-bond acceptors (Lipinski definition) is 9. The molecule has 12 heteroatoms. The molecule has 9 nitrogen and oxygen atoms in total. The number of benzene rings is 1. The number of nitrogens with zero attached hydrogens (tertiary/aromatic N) is 4. The van der Waals surface area contributed by atoms with Gasteiger partial charge in [0.25, 0.3) is 5.91 Å². The molecular weight excluding hydrogens is 547 g/mol. The van der Waals surface area contributed by atoms with Crippen molar-refractivity contribution in [1.29, 1.82) is 0 Å². The lowest BCUT2D eigenvalue weighted by atomic mass is 10.1. The molecule has 1 aromatic carbocycles. The maximum absolute atomic E-state index is 13.3. The lowest BCUT2D eigenvalue weighted by Gasteiger charge is -2.26. The molecule has 38 heavy (non-hydrogen) atoms. The lowest BCUT2D eigenvalue weighted by Crippen LogP contribution is -2.29. The minimum atomic E-state index is -0.429. The van der Waals surface area contributed by atoms with Gasteiger partial charge in [-0.1, -0.05) is 29.6 Å². The first-order valence-corrected chi connectivity index (χ1v) is 13.7. The Hall–Kier alpha value is -3.18. The zero-order valence-electron chi connectivity index (χ0n) is 20.9. The van der Waals surface area contributed by atoms with E-state index in [-0.39, 0.29) is 15.7 Å². The molecule has 4 aromatic rings. The van der Waals surface area contributed by atoms with Crippen molar-refractivity contribution in [2.75, 3.05) is 37.9 Å². The molecule has 1 fully saturated rings. The monoisotopic (exact) mass is 572 g/mol. The Bertz CT molecular complexity index is 1450. The standard InChI is InChI=1S/C26H26Cl2N6O3S/c1-36-17-11-18(37-2)21(28)23(20(17)27)33-26(35)16-13-38-24-22(16)30-14-31-25(24)32-19-10-15(6-7-29-19)12-34-8-4-3-5-9-34/h6-7,10-11,13-14H,3-5,8-9,12H2,1-2H3,(H,33,35)(H,29,30,31,32). The molecule has 0 saturated carbocycles. The number of hydrogen-bond donors (Lipinski definition) is 2. The molecule has 0 aliphatic carbocycles. The van der Waals surface area contributed by atoms with Crippen LogP contribution in [0, 0.1) is 0 Å². The topological polar surface area (TPSA) is 102 Å². The van der Waals surface area contributed by atoms with E-state index < -0.39 is 5.91 Å². The van der Waals surface area contributed by atoms with E-state index in [1.54, 1.807) is 17.6 Å². The van der Waals surface area contributed by atoms with E-state index in [4.69, 9.17) is 32.7 Å². The highest BCUT2D eigenvalue weighted by Gasteiger charge is 2.22. The van der Waals surface area contributed by atoms with Gasteiger partial charge in [0.15, 0.2) is 5.82 Å². The van der Waals surface area contributed by atoms with Crippen molar-refractivity contribution in [3.63, 3.8) is 0 Å². The van der Waals surface area contributed by atoms with Gasteiger partial charge in [0.1, 0.15) is 33.7 Å². The van der Waals surface area contributed by atoms with Crippen LogP contribution in [0.3, 0.4) is 0 Å². The van der Waals surface area contributed by atoms with Crippen LogP contribution in [0.15, 0.2) is 36.1 Å². The summed E-state index contributed by atoms with van der Waals surface area (Å²) in [5.41, 5.74) is 2.23. The fraction of sp³-hybridized carbons (Fsp3) is 0.308. The summed E-state index contributed by atoms with van der Waals surface area (Å²) in [6.45, 7) is 3.13. The highest BCUT2D eigenvalue weighted by molar-refractivity contribution is 7.18. The minimum absolute atomic E-state index is 0.165. The van der Waals surface area contributed by atoms with Gasteiger partial charge >= 0.3 is 0 Å². The number of aromatic nitrogens is 3. The number of amides is 1. The number of pyridine rings is 1. The summed E-state index contributed by atoms with van der Waals surface area (Å²) in [6, 6.07) is 5.62. The minimum Gasteiger partial charge on any atom is -0.495 e. The fourth-order valence-corrected chi connectivity index (χ4v) is 5.95. The molecule has 3 aromatic heterocycles. The van der Waals surface area contributed by atoms with Gasteiger partial charge in [0, 0.05) is 24.2 Å². The summed E-state index contributed by atoms with van der Waals surface area (Å²) in [4.78, 5) is 29.0. The Morgan fingerprint density at radius 1 is 1.05 bits per heavy atom. The average Bonchev–Trinajstić information content (AvgIpc) is 3.37. The van der Waals surface area contributed by atoms with Crippen LogP contribution < -0.4 is 20.1 Å². The summed E-state index contributed by atoms with van der Waals surface area (Å²) in [5.74, 6) is 1.47. The molecule has 0 unspecified atom stereocenters. The number of ether oxygens (including phenoxy) is 2. The van der Waals surface area contributed by atoms with E-state index in [2.05, 4.69) is 30.5 Å². The predicted molar refractivity (Wildman–Crippen MR) is 152 cm³/mol. The molecule has 0 bridgehead atoms. The zero-order chi connectivity index (χ0) is 26.6. The Balaban J connectivity index is 1.39. The van der Waals surface area contributed by atoms with Gasteiger partial charge in [-0.3, -0.25) is 9.69 Å². The average molecular weight is 574 g/mol. The Morgan fingerprint density at radius 3 is 2.50 bits per heavy atom. The molecule has 198 valence electrons. The second kappa shape index (κ2) is 11.7. The maximum Gasteiger partial charge on any atom is 0.258 e. The number of piperidine rings is 1. The van der Waals surface area contributed by atoms with Crippen molar-refractivity contribution in [2.45, 2.75) is 25.8 Å². The summed E-state index contributed by atoms with van der Waals surface area (Å²) in [5, 5.41) is 8.13. The first-order chi connectivity index (χ1) is 18.5. The van der Waals surface area contributed by atoms with Crippen molar-refractivity contribution in [3.8, 4) is 11.5 Å². The third-order valence-corrected chi connectivity index (χ3v) is 8.06. The smallest absolute Gasteiger partial charge is 0.258 e. The number of fused-ring (bicyclic) bond motifs is 1. The third-order valence-electron chi connectivity index (χ3n) is 6.34. The van der Waals surface area contributed by atoms with Crippen LogP contribution in [0.4, 0.5) is 17.3 Å². The molecule has 4 heterocycles. The van der Waals surface area contributed by atoms with Gasteiger partial charge < -0.3 is 20.1 Å². The summed E-state index contributed by atoms with van der Waals surface area (Å²) in [7, 11) is 2.94. The number of carbonyl (C=O) groups is 1. The van der Waals surface area contributed by atoms with Crippen molar-refractivity contribution in [2.24, 2.45) is 0 Å². The summed E-state index contributed by atoms with van der Waals surface area (Å²) in [6.07, 6.45) is 7.00. The molecule has 1 amide bonds. The van der Waals surface area contributed by atoms with Crippen molar-refractivity contribution in [1.82, 2.24) is 19.9 Å². The van der Waals surface area contributed by atoms with Gasteiger partial charge in [0.05, 0.1) is 35.7 Å². The second-order valence-electron chi connectivity index (χ2n) is 8.80. The number of nitrogens with one attached hydrogen (secondary N) is 2. The van der Waals surface area contributed by atoms with Gasteiger partial charge in [-0.05, 0) is 43.6 Å². The fourth-order valence-electron chi connectivity index (χ4n) is 4.42. The summed E-state index contributed by atoms with van der Waals surface area (Å²) < 4.78 is 11.3. The van der Waals surface area contributed by atoms with Gasteiger partial charge in [0.2, 0.25) is 0 Å². The highest BCUT2D eigenvalue weighted by atomic mass is 35.5. The second-order valence-corrected chi connectivity index (χ2v) is 10.4. The van der Waals surface area contributed by atoms with E-state index in [0.717, 1.165) is 24.3 Å². The van der Waals surface area contributed by atoms with E-state index in [0.29, 0.717) is 34.2 Å². The molecular formula is C26H26Cl2N6O3S. The predicted octanol–water partition coefficient (Wildman–Crippen LogP) is 6.39. The van der Waals surface area contributed by atoms with Crippen LogP contribution in [0.1, 0.15) is 35.2 Å². The van der Waals surface area contributed by atoms with Gasteiger partial charge in [-0.2, -0.15) is 0 Å². The Kier molecular flexibility index (Phi) is 8.13. The number of thiophene rings is 1. The van der Waals surface area contributed by atoms with Gasteiger partial charge in [-0.15, -0.1) is 11.3 Å². The van der Waals surface area contributed by atoms with Crippen molar-refractivity contribution >= 4 is 68.0 Å². The third kappa shape index (κ3) is 5.49. The first-order valence-electron chi connectivity index (χ1n) is 12.1. The maximum atomic E-state index is 13.3. The van der Waals surface area contributed by atoms with Crippen LogP contribution in [0.2, 0.25) is 10.0 Å². The quantitative estimate of drug-likeness (QED) is 0.250. The normalized spacial score (nSPS) is 13.9. The molecule has 0 spiro atoms. The Labute approximate surface area is 234 Å². The molecule has 0 radical (unpaired) electrons. The molecule has 0 atom stereocenters. The number of likely N-dealkylation sites (tertiary alicyclic amines) is 1. The van der Waals surface area contributed by atoms with Gasteiger partial charge in [-0.25, -0.2) is 15.0 Å². The van der Waals surface area contributed by atoms with Crippen LogP contribution in [-0.2, 0) is 6.54 Å². The number of anilines is 3. The van der Waals surface area contributed by atoms with Crippen molar-refractivity contribution in [3.05, 3.63) is 57.3 Å². The highest BCUT2D eigenvalue weighted by Crippen LogP contribution is 2.44. The molecule has 2 N–H and O–H groups in total. The number of rotatable bonds is 8. The van der Waals surface area contributed by atoms with Crippen molar-refractivity contribution < 1.29 is 14.3 Å². The van der Waals surface area contributed by atoms with E-state index in [1.807, 2.05) is 12.1 Å². The van der Waals surface area contributed by atoms with Crippen LogP contribution in [0.5, 0.6) is 11.5 Å².